The first-order valence-electron chi connectivity index (χ1n) is 6.09. The second-order valence-electron chi connectivity index (χ2n) is 4.51. The molecule has 0 heterocycles. The first kappa shape index (κ1) is 14.9. The molecule has 0 unspecified atom stereocenters. The topological polar surface area (TPSA) is 75.3 Å². The molecule has 0 radical (unpaired) electrons. The van der Waals surface area contributed by atoms with E-state index in [2.05, 4.69) is 5.32 Å². The lowest BCUT2D eigenvalue weighted by molar-refractivity contribution is 0.102. The Hall–Kier alpha value is -2.47. The Balaban J connectivity index is 2.34. The molecule has 2 aromatic carbocycles. The van der Waals surface area contributed by atoms with Crippen LogP contribution < -0.4 is 11.1 Å². The molecule has 0 atom stereocenters. The number of phenolic OH excluding ortho intramolecular Hbond substituents is 1. The van der Waals surface area contributed by atoms with Crippen LogP contribution in [0, 0.1) is 12.7 Å². The minimum Gasteiger partial charge on any atom is -0.508 e. The first-order valence-corrected chi connectivity index (χ1v) is 6.49. The molecule has 0 saturated carbocycles. The van der Waals surface area contributed by atoms with E-state index in [1.165, 1.54) is 36.4 Å². The Bertz CT molecular complexity index is 732. The Morgan fingerprint density at radius 2 is 1.95 bits per heavy atom. The van der Waals surface area contributed by atoms with Gasteiger partial charge in [0.15, 0.2) is 0 Å². The number of carbonyl (C=O) groups excluding carboxylic acids is 1. The summed E-state index contributed by atoms with van der Waals surface area (Å²) >= 11 is 4.85. The highest BCUT2D eigenvalue weighted by Gasteiger charge is 2.13. The molecule has 2 rings (SSSR count). The van der Waals surface area contributed by atoms with Gasteiger partial charge in [0.25, 0.3) is 5.91 Å². The summed E-state index contributed by atoms with van der Waals surface area (Å²) in [5.74, 6) is -0.803. The summed E-state index contributed by atoms with van der Waals surface area (Å²) < 4.78 is 13.2. The van der Waals surface area contributed by atoms with Crippen molar-refractivity contribution in [3.63, 3.8) is 0 Å². The molecule has 0 aliphatic rings. The minimum absolute atomic E-state index is 0.00720. The molecule has 0 aliphatic carbocycles. The van der Waals surface area contributed by atoms with Gasteiger partial charge in [-0.05, 0) is 48.9 Å². The normalized spacial score (nSPS) is 10.2. The molecule has 0 spiro atoms. The molecule has 0 saturated heterocycles. The monoisotopic (exact) mass is 304 g/mol. The number of phenols is 1. The summed E-state index contributed by atoms with van der Waals surface area (Å²) in [7, 11) is 0. The van der Waals surface area contributed by atoms with Crippen LogP contribution in [0.25, 0.3) is 0 Å². The summed E-state index contributed by atoms with van der Waals surface area (Å²) in [5.41, 5.74) is 7.13. The number of hydrogen-bond acceptors (Lipinski definition) is 3. The summed E-state index contributed by atoms with van der Waals surface area (Å²) in [6, 6.07) is 8.18. The predicted octanol–water partition coefficient (Wildman–Crippen LogP) is 2.73. The highest BCUT2D eigenvalue weighted by Crippen LogP contribution is 2.20. The number of anilines is 1. The van der Waals surface area contributed by atoms with Crippen molar-refractivity contribution in [1.82, 2.24) is 0 Å². The average molecular weight is 304 g/mol. The molecule has 108 valence electrons. The fourth-order valence-electron chi connectivity index (χ4n) is 1.92. The maximum Gasteiger partial charge on any atom is 0.255 e. The van der Waals surface area contributed by atoms with E-state index in [9.17, 15) is 14.3 Å². The quantitative estimate of drug-likeness (QED) is 0.762. The number of amides is 1. The van der Waals surface area contributed by atoms with Gasteiger partial charge in [-0.3, -0.25) is 4.79 Å². The van der Waals surface area contributed by atoms with Crippen LogP contribution in [0.1, 0.15) is 21.5 Å². The standard InChI is InChI=1S/C15H13FN2O2S/c1-8-6-10(19)3-4-11(8)15(20)18-13-5-2-9(16)7-12(13)14(17)21/h2-7,19H,1H3,(H2,17,21)(H,18,20). The van der Waals surface area contributed by atoms with E-state index in [1.54, 1.807) is 6.92 Å². The van der Waals surface area contributed by atoms with Gasteiger partial charge in [-0.25, -0.2) is 4.39 Å². The zero-order chi connectivity index (χ0) is 15.6. The Morgan fingerprint density at radius 1 is 1.24 bits per heavy atom. The van der Waals surface area contributed by atoms with Crippen LogP contribution in [0.5, 0.6) is 5.75 Å². The number of hydrogen-bond donors (Lipinski definition) is 3. The number of carbonyl (C=O) groups is 1. The van der Waals surface area contributed by atoms with Gasteiger partial charge in [-0.1, -0.05) is 12.2 Å². The number of aromatic hydroxyl groups is 1. The van der Waals surface area contributed by atoms with Crippen molar-refractivity contribution >= 4 is 28.8 Å². The summed E-state index contributed by atoms with van der Waals surface area (Å²) in [6.45, 7) is 1.70. The number of thiocarbonyl (C=S) groups is 1. The van der Waals surface area contributed by atoms with Crippen molar-refractivity contribution in [3.8, 4) is 5.75 Å². The first-order chi connectivity index (χ1) is 9.88. The fourth-order valence-corrected chi connectivity index (χ4v) is 2.09. The number of rotatable bonds is 3. The third kappa shape index (κ3) is 3.35. The molecular formula is C15H13FN2O2S. The molecule has 0 bridgehead atoms. The van der Waals surface area contributed by atoms with E-state index >= 15 is 0 Å². The molecule has 6 heteroatoms. The minimum atomic E-state index is -0.489. The van der Waals surface area contributed by atoms with E-state index in [4.69, 9.17) is 18.0 Å². The molecular weight excluding hydrogens is 291 g/mol. The molecule has 4 nitrogen and oxygen atoms in total. The number of nitrogens with one attached hydrogen (secondary N) is 1. The molecule has 0 aromatic heterocycles. The van der Waals surface area contributed by atoms with Crippen LogP contribution in [0.15, 0.2) is 36.4 Å². The average Bonchev–Trinajstić information content (AvgIpc) is 2.40. The van der Waals surface area contributed by atoms with E-state index in [0.29, 0.717) is 16.8 Å². The van der Waals surface area contributed by atoms with E-state index in [-0.39, 0.29) is 16.3 Å². The van der Waals surface area contributed by atoms with Crippen molar-refractivity contribution in [2.75, 3.05) is 5.32 Å². The van der Waals surface area contributed by atoms with Crippen LogP contribution in [-0.2, 0) is 0 Å². The van der Waals surface area contributed by atoms with Crippen LogP contribution in [0.2, 0.25) is 0 Å². The van der Waals surface area contributed by atoms with Crippen molar-refractivity contribution in [1.29, 1.82) is 0 Å². The lowest BCUT2D eigenvalue weighted by Gasteiger charge is -2.11. The lowest BCUT2D eigenvalue weighted by atomic mass is 10.1. The van der Waals surface area contributed by atoms with Crippen LogP contribution in [0.4, 0.5) is 10.1 Å². The molecule has 21 heavy (non-hydrogen) atoms. The predicted molar refractivity (Wildman–Crippen MR) is 83.1 cm³/mol. The Morgan fingerprint density at radius 3 is 2.57 bits per heavy atom. The Kier molecular flexibility index (Phi) is 4.18. The Labute approximate surface area is 126 Å². The number of nitrogens with two attached hydrogens (primary N) is 1. The lowest BCUT2D eigenvalue weighted by Crippen LogP contribution is -2.18. The summed E-state index contributed by atoms with van der Waals surface area (Å²) in [4.78, 5) is 12.2. The van der Waals surface area contributed by atoms with E-state index < -0.39 is 11.7 Å². The van der Waals surface area contributed by atoms with E-state index in [1.807, 2.05) is 0 Å². The highest BCUT2D eigenvalue weighted by atomic mass is 32.1. The van der Waals surface area contributed by atoms with Gasteiger partial charge in [0.2, 0.25) is 0 Å². The van der Waals surface area contributed by atoms with Crippen LogP contribution in [-0.4, -0.2) is 16.0 Å². The van der Waals surface area contributed by atoms with Crippen molar-refractivity contribution < 1.29 is 14.3 Å². The van der Waals surface area contributed by atoms with E-state index in [0.717, 1.165) is 0 Å². The molecule has 4 N–H and O–H groups in total. The van der Waals surface area contributed by atoms with Gasteiger partial charge in [0.1, 0.15) is 16.6 Å². The van der Waals surface area contributed by atoms with Crippen molar-refractivity contribution in [2.45, 2.75) is 6.92 Å². The third-order valence-corrected chi connectivity index (χ3v) is 3.17. The van der Waals surface area contributed by atoms with Gasteiger partial charge in [-0.15, -0.1) is 0 Å². The molecule has 0 aliphatic heterocycles. The van der Waals surface area contributed by atoms with Gasteiger partial charge >= 0.3 is 0 Å². The van der Waals surface area contributed by atoms with Crippen molar-refractivity contribution in [2.24, 2.45) is 5.73 Å². The van der Waals surface area contributed by atoms with Gasteiger partial charge in [0, 0.05) is 11.1 Å². The van der Waals surface area contributed by atoms with Gasteiger partial charge in [-0.2, -0.15) is 0 Å². The molecule has 1 amide bonds. The number of benzene rings is 2. The van der Waals surface area contributed by atoms with Gasteiger partial charge in [0.05, 0.1) is 5.69 Å². The van der Waals surface area contributed by atoms with Gasteiger partial charge < -0.3 is 16.2 Å². The number of aryl methyl sites for hydroxylation is 1. The fraction of sp³-hybridized carbons (Fsp3) is 0.0667. The summed E-state index contributed by atoms with van der Waals surface area (Å²) in [6.07, 6.45) is 0. The largest absolute Gasteiger partial charge is 0.508 e. The molecule has 2 aromatic rings. The molecule has 0 fully saturated rings. The SMILES string of the molecule is Cc1cc(O)ccc1C(=O)Nc1ccc(F)cc1C(N)=S. The maximum atomic E-state index is 13.2. The smallest absolute Gasteiger partial charge is 0.255 e. The maximum absolute atomic E-state index is 13.2. The zero-order valence-corrected chi connectivity index (χ0v) is 12.0. The van der Waals surface area contributed by atoms with Crippen LogP contribution >= 0.6 is 12.2 Å². The number of halogens is 1. The second kappa shape index (κ2) is 5.88. The van der Waals surface area contributed by atoms with Crippen LogP contribution in [0.3, 0.4) is 0 Å². The zero-order valence-electron chi connectivity index (χ0n) is 11.2. The second-order valence-corrected chi connectivity index (χ2v) is 4.95. The highest BCUT2D eigenvalue weighted by molar-refractivity contribution is 7.80. The van der Waals surface area contributed by atoms with Crippen molar-refractivity contribution in [3.05, 3.63) is 58.9 Å². The summed E-state index contributed by atoms with van der Waals surface area (Å²) in [5, 5.41) is 12.0. The third-order valence-electron chi connectivity index (χ3n) is 2.95.